The molecule has 62 heavy (non-hydrogen) atoms. The number of rotatable bonds is 10. The van der Waals surface area contributed by atoms with Gasteiger partial charge >= 0.3 is 0 Å². The number of hydrogen-bond donors (Lipinski definition) is 1. The molecule has 0 saturated heterocycles. The molecule has 6 aromatic carbocycles. The molecule has 0 bridgehead atoms. The average Bonchev–Trinajstić information content (AvgIpc) is 3.69. The largest absolute Gasteiger partial charge is 0.507 e. The van der Waals surface area contributed by atoms with Crippen LogP contribution in [0.3, 0.4) is 0 Å². The molecule has 0 saturated carbocycles. The fourth-order valence-electron chi connectivity index (χ4n) is 7.94. The van der Waals surface area contributed by atoms with E-state index in [0.717, 1.165) is 51.0 Å². The molecule has 1 N–H and O–H groups in total. The van der Waals surface area contributed by atoms with Crippen molar-refractivity contribution in [1.82, 2.24) is 14.5 Å². The Labute approximate surface area is 393 Å². The van der Waals surface area contributed by atoms with E-state index < -0.39 is 17.6 Å². The second kappa shape index (κ2) is 18.0. The summed E-state index contributed by atoms with van der Waals surface area (Å²) in [6.07, 6.45) is 0.431. The molecule has 0 aliphatic heterocycles. The minimum Gasteiger partial charge on any atom is -0.507 e. The quantitative estimate of drug-likeness (QED) is 0.139. The zero-order valence-electron chi connectivity index (χ0n) is 44.2. The number of aromatic nitrogens is 3. The topological polar surface area (TPSA) is 50.9 Å². The molecule has 0 aliphatic carbocycles. The molecule has 0 unspecified atom stereocenters. The Morgan fingerprint density at radius 3 is 2.13 bits per heavy atom. The first kappa shape index (κ1) is 36.0. The third-order valence-corrected chi connectivity index (χ3v) is 11.3. The van der Waals surface area contributed by atoms with E-state index >= 15 is 0 Å². The summed E-state index contributed by atoms with van der Waals surface area (Å²) in [4.78, 5) is 10.0. The number of nitrogens with zero attached hydrogens (tertiary/aromatic N) is 3. The Hall–Kier alpha value is -5.57. The van der Waals surface area contributed by atoms with Gasteiger partial charge in [-0.1, -0.05) is 164 Å². The number of imidazole rings is 1. The van der Waals surface area contributed by atoms with Crippen molar-refractivity contribution < 1.29 is 35.8 Å². The molecular weight excluding hydrogens is 938 g/mol. The minimum absolute atomic E-state index is 0. The van der Waals surface area contributed by atoms with E-state index in [9.17, 15) is 6.48 Å². The van der Waals surface area contributed by atoms with Crippen molar-refractivity contribution >= 4 is 11.0 Å². The Balaban J connectivity index is 0.00000703. The van der Waals surface area contributed by atoms with Crippen molar-refractivity contribution in [1.29, 1.82) is 0 Å². The van der Waals surface area contributed by atoms with E-state index in [-0.39, 0.29) is 91.2 Å². The van der Waals surface area contributed by atoms with E-state index in [2.05, 4.69) is 120 Å². The van der Waals surface area contributed by atoms with E-state index in [4.69, 9.17) is 13.2 Å². The summed E-state index contributed by atoms with van der Waals surface area (Å²) in [5, 5.41) is 12.3. The third-order valence-electron chi connectivity index (χ3n) is 11.3. The van der Waals surface area contributed by atoms with Crippen molar-refractivity contribution in [3.63, 3.8) is 0 Å². The Morgan fingerprint density at radius 1 is 0.726 bits per heavy atom. The van der Waals surface area contributed by atoms with Crippen molar-refractivity contribution in [3.8, 4) is 67.5 Å². The Morgan fingerprint density at radius 2 is 1.45 bits per heavy atom. The van der Waals surface area contributed by atoms with Gasteiger partial charge in [0.2, 0.25) is 0 Å². The van der Waals surface area contributed by atoms with Crippen molar-refractivity contribution in [2.45, 2.75) is 92.9 Å². The maximum Gasteiger partial charge on any atom is 0.148 e. The van der Waals surface area contributed by atoms with Gasteiger partial charge in [-0.2, -0.15) is 0 Å². The number of benzene rings is 6. The fraction of sp³-hybridized carbons (Fsp3) is 0.263. The second-order valence-corrected chi connectivity index (χ2v) is 18.2. The SMILES string of the molecule is [2H]c1nc(-c2[c-]c(-c3cccc4c3nc(-c3cc(C(C)C)cc(C(C)C)c3O)n4-c3ccc(CC(C)C)cc3-c3ccccc3)cc(C(C)(C)C)c2)c([2H])c(-c2c([2H])c([2H])c(C)c([2H])c2[2H])c1[2H].[Pt]. The third kappa shape index (κ3) is 8.99. The van der Waals surface area contributed by atoms with Crippen molar-refractivity contribution in [2.24, 2.45) is 5.92 Å². The minimum atomic E-state index is -0.470. The molecule has 8 rings (SSSR count). The zero-order chi connectivity index (χ0) is 49.3. The van der Waals surface area contributed by atoms with Crippen molar-refractivity contribution in [2.75, 3.05) is 0 Å². The number of phenolic OH excluding ortho intramolecular Hbond substituents is 1. The molecule has 2 aromatic heterocycles. The van der Waals surface area contributed by atoms with Crippen LogP contribution in [0.15, 0.2) is 133 Å². The molecule has 2 heterocycles. The first-order valence-corrected chi connectivity index (χ1v) is 21.3. The van der Waals surface area contributed by atoms with Crippen LogP contribution in [0.4, 0.5) is 0 Å². The van der Waals surface area contributed by atoms with Crippen LogP contribution >= 0.6 is 0 Å². The summed E-state index contributed by atoms with van der Waals surface area (Å²) < 4.78 is 64.2. The summed E-state index contributed by atoms with van der Waals surface area (Å²) >= 11 is 0. The van der Waals surface area contributed by atoms with Crippen LogP contribution in [-0.4, -0.2) is 19.6 Å². The van der Waals surface area contributed by atoms with Crippen LogP contribution in [0.1, 0.15) is 112 Å². The van der Waals surface area contributed by atoms with E-state index in [1.165, 1.54) is 12.5 Å². The van der Waals surface area contributed by atoms with Gasteiger partial charge in [0.05, 0.1) is 31.9 Å². The van der Waals surface area contributed by atoms with Gasteiger partial charge in [0, 0.05) is 38.5 Å². The van der Waals surface area contributed by atoms with Gasteiger partial charge in [-0.25, -0.2) is 4.98 Å². The maximum absolute atomic E-state index is 12.3. The number of phenols is 1. The maximum atomic E-state index is 12.3. The number of pyridine rings is 1. The molecule has 0 amide bonds. The van der Waals surface area contributed by atoms with E-state index in [1.807, 2.05) is 48.5 Å². The summed E-state index contributed by atoms with van der Waals surface area (Å²) in [6.45, 7) is 20.6. The molecule has 0 radical (unpaired) electrons. The first-order valence-electron chi connectivity index (χ1n) is 24.8. The van der Waals surface area contributed by atoms with Gasteiger partial charge in [0.15, 0.2) is 0 Å². The second-order valence-electron chi connectivity index (χ2n) is 18.2. The summed E-state index contributed by atoms with van der Waals surface area (Å²) in [7, 11) is 0. The number of hydrogen-bond acceptors (Lipinski definition) is 3. The van der Waals surface area contributed by atoms with Gasteiger partial charge in [-0.05, 0) is 100 Å². The van der Waals surface area contributed by atoms with Gasteiger partial charge in [-0.15, -0.1) is 29.3 Å². The van der Waals surface area contributed by atoms with Crippen LogP contribution in [-0.2, 0) is 32.9 Å². The summed E-state index contributed by atoms with van der Waals surface area (Å²) in [5.74, 6) is 1.38. The van der Waals surface area contributed by atoms with Gasteiger partial charge in [0.25, 0.3) is 0 Å². The van der Waals surface area contributed by atoms with E-state index in [0.29, 0.717) is 33.9 Å². The molecule has 0 aliphatic rings. The summed E-state index contributed by atoms with van der Waals surface area (Å²) in [6, 6.07) is 32.5. The molecule has 8 aromatic rings. The van der Waals surface area contributed by atoms with Crippen LogP contribution in [0.5, 0.6) is 5.75 Å². The standard InChI is InChI=1S/C57H58N3O.Pt/c1-35(2)27-39-21-24-52(49(28-39)41-15-12-11-13-16-41)60-53-18-14-17-47(54(53)59-56(60)50-33-43(36(3)4)32-48(37(5)6)55(50)61)44-29-45(31-46(30-44)57(8,9)10)51-34-42(25-26-58-51)40-22-19-38(7)20-23-40;/h11-26,28,30-37,61H,27H2,1-10H3;/q-1;/i19D,20D,22D,23D,25D,26D,34D;. The Bertz CT molecular complexity index is 3250. The van der Waals surface area contributed by atoms with Gasteiger partial charge in [-0.3, -0.25) is 9.55 Å². The molecule has 0 spiro atoms. The molecule has 4 nitrogen and oxygen atoms in total. The van der Waals surface area contributed by atoms with Gasteiger partial charge in [0.1, 0.15) is 11.6 Å². The van der Waals surface area contributed by atoms with Crippen LogP contribution < -0.4 is 0 Å². The predicted molar refractivity (Wildman–Crippen MR) is 257 cm³/mol. The van der Waals surface area contributed by atoms with Crippen LogP contribution in [0.25, 0.3) is 72.7 Å². The molecule has 0 fully saturated rings. The number of fused-ring (bicyclic) bond motifs is 1. The van der Waals surface area contributed by atoms with Crippen molar-refractivity contribution in [3.05, 3.63) is 167 Å². The predicted octanol–water partition coefficient (Wildman–Crippen LogP) is 15.3. The number of aromatic hydroxyl groups is 1. The average molecular weight is 1000 g/mol. The monoisotopic (exact) mass is 1000 g/mol. The fourth-order valence-corrected chi connectivity index (χ4v) is 7.94. The first-order chi connectivity index (χ1) is 32.1. The van der Waals surface area contributed by atoms with E-state index in [1.54, 1.807) is 0 Å². The molecule has 5 heteroatoms. The normalized spacial score (nSPS) is 13.4. The van der Waals surface area contributed by atoms with Crippen LogP contribution in [0, 0.1) is 18.9 Å². The smallest absolute Gasteiger partial charge is 0.148 e. The van der Waals surface area contributed by atoms with Gasteiger partial charge < -0.3 is 5.11 Å². The Kier molecular flexibility index (Phi) is 10.5. The molecule has 0 atom stereocenters. The molecule has 318 valence electrons. The van der Waals surface area contributed by atoms with Crippen LogP contribution in [0.2, 0.25) is 0 Å². The summed E-state index contributed by atoms with van der Waals surface area (Å²) in [5.41, 5.74) is 10.1. The zero-order valence-corrected chi connectivity index (χ0v) is 39.5. The number of para-hydroxylation sites is 1. The molecular formula is C57H58N3OPt-.